The van der Waals surface area contributed by atoms with Crippen LogP contribution in [-0.4, -0.2) is 63.6 Å². The molecule has 1 aliphatic heterocycles. The van der Waals surface area contributed by atoms with E-state index < -0.39 is 11.4 Å². The number of nitrogens with zero attached hydrogens (tertiary/aromatic N) is 8. The summed E-state index contributed by atoms with van der Waals surface area (Å²) in [6, 6.07) is 1.74. The Bertz CT molecular complexity index is 1450. The van der Waals surface area contributed by atoms with Crippen molar-refractivity contribution in [1.82, 2.24) is 33.7 Å². The highest BCUT2D eigenvalue weighted by Gasteiger charge is 2.34. The third-order valence-electron chi connectivity index (χ3n) is 5.73. The second-order valence-electron chi connectivity index (χ2n) is 7.81. The molecule has 5 heterocycles. The van der Waals surface area contributed by atoms with E-state index in [1.807, 2.05) is 4.90 Å². The summed E-state index contributed by atoms with van der Waals surface area (Å²) < 4.78 is 7.03. The van der Waals surface area contributed by atoms with E-state index in [1.54, 1.807) is 24.7 Å². The maximum atomic E-state index is 12.9. The lowest BCUT2D eigenvalue weighted by Gasteiger charge is -2.39. The number of aromatic carboxylic acids is 1. The number of carbonyl (C=O) groups is 2. The molecule has 1 saturated heterocycles. The average molecular weight is 466 g/mol. The smallest absolute Gasteiger partial charge is 0.341 e. The maximum Gasteiger partial charge on any atom is 0.341 e. The Kier molecular flexibility index (Phi) is 4.96. The summed E-state index contributed by atoms with van der Waals surface area (Å²) >= 11 is 1.06. The average Bonchev–Trinajstić information content (AvgIpc) is 3.39. The number of Topliss-reactive ketones (excluding diaryl/α,β-unsaturated/α-hetero) is 1. The van der Waals surface area contributed by atoms with Crippen LogP contribution in [0.5, 0.6) is 0 Å². The van der Waals surface area contributed by atoms with Crippen LogP contribution in [0, 0.1) is 12.8 Å². The molecule has 1 aliphatic rings. The molecular formula is C20H18N8O4S. The highest BCUT2D eigenvalue weighted by atomic mass is 32.1. The van der Waals surface area contributed by atoms with Crippen LogP contribution in [0.4, 0.5) is 5.82 Å². The van der Waals surface area contributed by atoms with Gasteiger partial charge < -0.3 is 10.0 Å². The largest absolute Gasteiger partial charge is 0.477 e. The van der Waals surface area contributed by atoms with E-state index in [0.29, 0.717) is 41.1 Å². The number of ketones is 1. The zero-order valence-corrected chi connectivity index (χ0v) is 18.5. The lowest BCUT2D eigenvalue weighted by molar-refractivity contribution is -0.123. The molecule has 12 nitrogen and oxygen atoms in total. The monoisotopic (exact) mass is 466 g/mol. The number of carbonyl (C=O) groups excluding carboxylic acids is 1. The molecule has 4 aromatic rings. The fourth-order valence-electron chi connectivity index (χ4n) is 3.86. The van der Waals surface area contributed by atoms with E-state index >= 15 is 0 Å². The molecule has 0 saturated carbocycles. The van der Waals surface area contributed by atoms with Crippen molar-refractivity contribution in [3.63, 3.8) is 0 Å². The molecule has 0 unspecified atom stereocenters. The number of carboxylic acids is 1. The second-order valence-corrected chi connectivity index (χ2v) is 8.57. The molecule has 168 valence electrons. The number of aromatic nitrogens is 7. The van der Waals surface area contributed by atoms with Gasteiger partial charge in [-0.3, -0.25) is 18.8 Å². The predicted octanol–water partition coefficient (Wildman–Crippen LogP) is 0.620. The molecule has 1 fully saturated rings. The van der Waals surface area contributed by atoms with E-state index in [0.717, 1.165) is 11.5 Å². The van der Waals surface area contributed by atoms with Gasteiger partial charge in [-0.25, -0.2) is 19.7 Å². The first-order valence-electron chi connectivity index (χ1n) is 10.0. The van der Waals surface area contributed by atoms with Gasteiger partial charge in [0, 0.05) is 37.9 Å². The van der Waals surface area contributed by atoms with E-state index in [2.05, 4.69) is 24.4 Å². The third-order valence-corrected chi connectivity index (χ3v) is 6.39. The SMILES string of the molecule is Cc1cc(N2CC(C(=O)Cc3ncnn3C)C2)nc2c1c(=O)c(C(=O)O)cn2-c1ncns1. The van der Waals surface area contributed by atoms with Crippen molar-refractivity contribution in [2.75, 3.05) is 18.0 Å². The fourth-order valence-corrected chi connectivity index (χ4v) is 4.37. The Balaban J connectivity index is 1.48. The summed E-state index contributed by atoms with van der Waals surface area (Å²) in [7, 11) is 1.75. The molecule has 0 spiro atoms. The van der Waals surface area contributed by atoms with Gasteiger partial charge in [0.05, 0.1) is 17.7 Å². The van der Waals surface area contributed by atoms with Gasteiger partial charge in [-0.15, -0.1) is 0 Å². The first-order chi connectivity index (χ1) is 15.8. The molecular weight excluding hydrogens is 448 g/mol. The van der Waals surface area contributed by atoms with Crippen LogP contribution in [-0.2, 0) is 18.3 Å². The molecule has 5 rings (SSSR count). The Hall–Kier alpha value is -4.00. The highest BCUT2D eigenvalue weighted by Crippen LogP contribution is 2.28. The molecule has 33 heavy (non-hydrogen) atoms. The van der Waals surface area contributed by atoms with Crippen molar-refractivity contribution in [2.45, 2.75) is 13.3 Å². The molecule has 4 aromatic heterocycles. The Labute approximate surface area is 190 Å². The van der Waals surface area contributed by atoms with Crippen molar-refractivity contribution < 1.29 is 14.7 Å². The van der Waals surface area contributed by atoms with Crippen LogP contribution in [0.2, 0.25) is 0 Å². The number of carboxylic acid groups (broad SMARTS) is 1. The number of hydrogen-bond acceptors (Lipinski definition) is 10. The Morgan fingerprint density at radius 2 is 2.03 bits per heavy atom. The topological polar surface area (TPSA) is 149 Å². The second kappa shape index (κ2) is 7.85. The number of anilines is 1. The van der Waals surface area contributed by atoms with Crippen LogP contribution in [0.1, 0.15) is 21.7 Å². The minimum atomic E-state index is -1.32. The quantitative estimate of drug-likeness (QED) is 0.428. The van der Waals surface area contributed by atoms with Crippen LogP contribution < -0.4 is 10.3 Å². The van der Waals surface area contributed by atoms with Crippen molar-refractivity contribution in [2.24, 2.45) is 13.0 Å². The summed E-state index contributed by atoms with van der Waals surface area (Å²) in [5, 5.41) is 14.1. The number of hydrogen-bond donors (Lipinski definition) is 1. The fraction of sp³-hybridized carbons (Fsp3) is 0.300. The minimum absolute atomic E-state index is 0.0803. The van der Waals surface area contributed by atoms with Crippen LogP contribution in [0.25, 0.3) is 16.2 Å². The predicted molar refractivity (Wildman–Crippen MR) is 118 cm³/mol. The summed E-state index contributed by atoms with van der Waals surface area (Å²) in [4.78, 5) is 52.0. The molecule has 0 atom stereocenters. The molecule has 0 bridgehead atoms. The Morgan fingerprint density at radius 1 is 1.24 bits per heavy atom. The third kappa shape index (κ3) is 3.55. The van der Waals surface area contributed by atoms with Gasteiger partial charge in [0.15, 0.2) is 5.65 Å². The molecule has 13 heteroatoms. The molecule has 0 aromatic carbocycles. The van der Waals surface area contributed by atoms with Crippen LogP contribution in [0.15, 0.2) is 29.7 Å². The normalized spacial score (nSPS) is 13.9. The molecule has 0 amide bonds. The molecule has 0 radical (unpaired) electrons. The summed E-state index contributed by atoms with van der Waals surface area (Å²) in [5.74, 6) is -0.177. The van der Waals surface area contributed by atoms with Gasteiger partial charge >= 0.3 is 5.97 Å². The van der Waals surface area contributed by atoms with E-state index in [9.17, 15) is 19.5 Å². The molecule has 0 aliphatic carbocycles. The van der Waals surface area contributed by atoms with Crippen LogP contribution >= 0.6 is 11.5 Å². The number of pyridine rings is 2. The van der Waals surface area contributed by atoms with Crippen molar-refractivity contribution >= 4 is 40.1 Å². The van der Waals surface area contributed by atoms with Crippen molar-refractivity contribution in [1.29, 1.82) is 0 Å². The van der Waals surface area contributed by atoms with Gasteiger partial charge in [0.1, 0.15) is 35.6 Å². The van der Waals surface area contributed by atoms with Crippen molar-refractivity contribution in [3.8, 4) is 5.13 Å². The summed E-state index contributed by atoms with van der Waals surface area (Å²) in [6.07, 6.45) is 4.22. The molecule has 1 N–H and O–H groups in total. The zero-order valence-electron chi connectivity index (χ0n) is 17.7. The maximum absolute atomic E-state index is 12.9. The lowest BCUT2D eigenvalue weighted by Crippen LogP contribution is -2.51. The summed E-state index contributed by atoms with van der Waals surface area (Å²) in [6.45, 7) is 2.72. The first-order valence-corrected chi connectivity index (χ1v) is 10.8. The van der Waals surface area contributed by atoms with E-state index in [1.165, 1.54) is 23.4 Å². The van der Waals surface area contributed by atoms with Gasteiger partial charge in [0.25, 0.3) is 0 Å². The first kappa shape index (κ1) is 20.9. The van der Waals surface area contributed by atoms with Gasteiger partial charge in [0.2, 0.25) is 10.6 Å². The van der Waals surface area contributed by atoms with Gasteiger partial charge in [-0.05, 0) is 18.6 Å². The van der Waals surface area contributed by atoms with Crippen molar-refractivity contribution in [3.05, 3.63) is 52.1 Å². The number of rotatable bonds is 6. The number of aryl methyl sites for hydroxylation is 2. The Morgan fingerprint density at radius 3 is 2.67 bits per heavy atom. The van der Waals surface area contributed by atoms with E-state index in [4.69, 9.17) is 0 Å². The number of fused-ring (bicyclic) bond motifs is 1. The van der Waals surface area contributed by atoms with Gasteiger partial charge in [-0.2, -0.15) is 9.47 Å². The van der Waals surface area contributed by atoms with Crippen LogP contribution in [0.3, 0.4) is 0 Å². The zero-order chi connectivity index (χ0) is 23.3. The lowest BCUT2D eigenvalue weighted by atomic mass is 9.93. The van der Waals surface area contributed by atoms with Gasteiger partial charge in [-0.1, -0.05) is 0 Å². The minimum Gasteiger partial charge on any atom is -0.477 e. The highest BCUT2D eigenvalue weighted by molar-refractivity contribution is 7.08. The summed E-state index contributed by atoms with van der Waals surface area (Å²) in [5.41, 5.74) is -0.0790. The van der Waals surface area contributed by atoms with E-state index in [-0.39, 0.29) is 29.1 Å². The standard InChI is InChI=1S/C20H18N8O4S/c1-10-3-15(27-5-11(6-27)13(29)4-14-21-8-23-26(14)2)25-18-16(10)17(30)12(19(31)32)7-28(18)20-22-9-24-33-20/h3,7-9,11H,4-6H2,1-2H3,(H,31,32).